The van der Waals surface area contributed by atoms with Crippen molar-refractivity contribution in [2.75, 3.05) is 13.2 Å². The second kappa shape index (κ2) is 6.35. The van der Waals surface area contributed by atoms with Crippen LogP contribution in [-0.4, -0.2) is 23.4 Å². The van der Waals surface area contributed by atoms with Crippen LogP contribution < -0.4 is 0 Å². The zero-order valence-electron chi connectivity index (χ0n) is 8.19. The van der Waals surface area contributed by atoms with Crippen LogP contribution >= 0.6 is 0 Å². The third-order valence-electron chi connectivity index (χ3n) is 1.99. The Bertz CT molecular complexity index is 275. The Morgan fingerprint density at radius 1 is 1.00 bits per heavy atom. The molecule has 2 N–H and O–H groups in total. The predicted molar refractivity (Wildman–Crippen MR) is 58.0 cm³/mol. The number of rotatable bonds is 5. The molecule has 0 saturated carbocycles. The van der Waals surface area contributed by atoms with Gasteiger partial charge in [-0.25, -0.2) is 0 Å². The van der Waals surface area contributed by atoms with Gasteiger partial charge in [-0.3, -0.25) is 0 Å². The highest BCUT2D eigenvalue weighted by atomic mass is 16.3. The summed E-state index contributed by atoms with van der Waals surface area (Å²) in [6.45, 7) is 0.388. The van der Waals surface area contributed by atoms with Gasteiger partial charge in [-0.2, -0.15) is 0 Å². The molecular weight excluding hydrogens is 176 g/mol. The van der Waals surface area contributed by atoms with E-state index in [9.17, 15) is 0 Å². The summed E-state index contributed by atoms with van der Waals surface area (Å²) >= 11 is 0. The Morgan fingerprint density at radius 3 is 2.29 bits per heavy atom. The lowest BCUT2D eigenvalue weighted by Crippen LogP contribution is -1.89. The average molecular weight is 192 g/mol. The van der Waals surface area contributed by atoms with E-state index in [1.807, 2.05) is 36.4 Å². The minimum Gasteiger partial charge on any atom is -0.396 e. The van der Waals surface area contributed by atoms with Crippen LogP contribution in [0.5, 0.6) is 0 Å². The predicted octanol–water partition coefficient (Wildman–Crippen LogP) is 1.62. The molecule has 1 aromatic rings. The molecule has 0 spiro atoms. The summed E-state index contributed by atoms with van der Waals surface area (Å²) in [5, 5.41) is 17.3. The van der Waals surface area contributed by atoms with Crippen molar-refractivity contribution in [2.24, 2.45) is 0 Å². The molecule has 0 aliphatic rings. The van der Waals surface area contributed by atoms with Crippen LogP contribution in [0.15, 0.2) is 30.3 Å². The van der Waals surface area contributed by atoms with Crippen LogP contribution in [0.1, 0.15) is 17.5 Å². The zero-order valence-corrected chi connectivity index (χ0v) is 8.19. The molecule has 0 unspecified atom stereocenters. The lowest BCUT2D eigenvalue weighted by atomic mass is 10.1. The van der Waals surface area contributed by atoms with Crippen LogP contribution in [-0.2, 0) is 6.42 Å². The normalized spacial score (nSPS) is 11.0. The summed E-state index contributed by atoms with van der Waals surface area (Å²) in [7, 11) is 0. The van der Waals surface area contributed by atoms with Crippen molar-refractivity contribution in [3.63, 3.8) is 0 Å². The maximum absolute atomic E-state index is 8.72. The average Bonchev–Trinajstić information content (AvgIpc) is 2.21. The maximum Gasteiger partial charge on any atom is 0.0471 e. The van der Waals surface area contributed by atoms with Crippen LogP contribution in [0.3, 0.4) is 0 Å². The summed E-state index contributed by atoms with van der Waals surface area (Å²) in [6.07, 6.45) is 5.33. The van der Waals surface area contributed by atoms with Gasteiger partial charge in [0.1, 0.15) is 0 Å². The molecule has 2 nitrogen and oxygen atoms in total. The van der Waals surface area contributed by atoms with Crippen LogP contribution in [0.4, 0.5) is 0 Å². The molecule has 0 radical (unpaired) electrons. The van der Waals surface area contributed by atoms with Crippen molar-refractivity contribution in [2.45, 2.75) is 12.8 Å². The van der Waals surface area contributed by atoms with Gasteiger partial charge in [-0.05, 0) is 24.0 Å². The molecule has 0 atom stereocenters. The Kier molecular flexibility index (Phi) is 4.97. The van der Waals surface area contributed by atoms with Gasteiger partial charge >= 0.3 is 0 Å². The Hall–Kier alpha value is -1.12. The fourth-order valence-electron chi connectivity index (χ4n) is 1.22. The SMILES string of the molecule is OCCC=Cc1ccc(CCO)cc1. The van der Waals surface area contributed by atoms with E-state index < -0.39 is 0 Å². The van der Waals surface area contributed by atoms with Crippen molar-refractivity contribution in [1.29, 1.82) is 0 Å². The summed E-state index contributed by atoms with van der Waals surface area (Å²) in [6, 6.07) is 8.04. The van der Waals surface area contributed by atoms with E-state index >= 15 is 0 Å². The molecular formula is C12H16O2. The van der Waals surface area contributed by atoms with Gasteiger partial charge in [-0.15, -0.1) is 0 Å². The second-order valence-electron chi connectivity index (χ2n) is 3.13. The highest BCUT2D eigenvalue weighted by molar-refractivity contribution is 5.49. The molecule has 0 fully saturated rings. The van der Waals surface area contributed by atoms with E-state index in [1.165, 1.54) is 0 Å². The van der Waals surface area contributed by atoms with E-state index in [0.717, 1.165) is 11.1 Å². The molecule has 0 aromatic heterocycles. The van der Waals surface area contributed by atoms with Crippen LogP contribution in [0.2, 0.25) is 0 Å². The van der Waals surface area contributed by atoms with Crippen molar-refractivity contribution in [3.05, 3.63) is 41.5 Å². The highest BCUT2D eigenvalue weighted by Crippen LogP contribution is 2.06. The second-order valence-corrected chi connectivity index (χ2v) is 3.13. The summed E-state index contributed by atoms with van der Waals surface area (Å²) in [5.41, 5.74) is 2.27. The molecule has 1 rings (SSSR count). The van der Waals surface area contributed by atoms with Gasteiger partial charge in [0.05, 0.1) is 0 Å². The Morgan fingerprint density at radius 2 is 1.71 bits per heavy atom. The fraction of sp³-hybridized carbons (Fsp3) is 0.333. The van der Waals surface area contributed by atoms with E-state index in [0.29, 0.717) is 12.8 Å². The van der Waals surface area contributed by atoms with E-state index in [4.69, 9.17) is 10.2 Å². The molecule has 0 aliphatic carbocycles. The number of benzene rings is 1. The lowest BCUT2D eigenvalue weighted by molar-refractivity contribution is 0.299. The molecule has 76 valence electrons. The summed E-state index contributed by atoms with van der Waals surface area (Å²) in [5.74, 6) is 0. The van der Waals surface area contributed by atoms with Crippen molar-refractivity contribution in [1.82, 2.24) is 0 Å². The largest absolute Gasteiger partial charge is 0.396 e. The Labute approximate surface area is 84.5 Å². The molecule has 14 heavy (non-hydrogen) atoms. The third kappa shape index (κ3) is 3.73. The Balaban J connectivity index is 2.54. The first-order valence-corrected chi connectivity index (χ1v) is 4.84. The standard InChI is InChI=1S/C12H16O2/c13-9-2-1-3-11-4-6-12(7-5-11)8-10-14/h1,3-7,13-14H,2,8-10H2. The first-order chi connectivity index (χ1) is 6.86. The van der Waals surface area contributed by atoms with Crippen molar-refractivity contribution >= 4 is 6.08 Å². The lowest BCUT2D eigenvalue weighted by Gasteiger charge is -1.98. The van der Waals surface area contributed by atoms with Crippen molar-refractivity contribution in [3.8, 4) is 0 Å². The van der Waals surface area contributed by atoms with E-state index in [-0.39, 0.29) is 13.2 Å². The first kappa shape index (κ1) is 11.0. The minimum absolute atomic E-state index is 0.194. The maximum atomic E-state index is 8.72. The molecule has 0 aliphatic heterocycles. The first-order valence-electron chi connectivity index (χ1n) is 4.84. The van der Waals surface area contributed by atoms with E-state index in [2.05, 4.69) is 0 Å². The highest BCUT2D eigenvalue weighted by Gasteiger charge is 1.90. The van der Waals surface area contributed by atoms with Gasteiger partial charge in [-0.1, -0.05) is 36.4 Å². The van der Waals surface area contributed by atoms with Gasteiger partial charge in [0.2, 0.25) is 0 Å². The van der Waals surface area contributed by atoms with Gasteiger partial charge in [0, 0.05) is 13.2 Å². The quantitative estimate of drug-likeness (QED) is 0.744. The molecule has 0 heterocycles. The molecule has 0 bridgehead atoms. The molecule has 0 amide bonds. The zero-order chi connectivity index (χ0) is 10.2. The fourth-order valence-corrected chi connectivity index (χ4v) is 1.22. The molecule has 0 saturated heterocycles. The number of aliphatic hydroxyl groups excluding tert-OH is 2. The summed E-state index contributed by atoms with van der Waals surface area (Å²) in [4.78, 5) is 0. The van der Waals surface area contributed by atoms with Crippen LogP contribution in [0.25, 0.3) is 6.08 Å². The summed E-state index contributed by atoms with van der Waals surface area (Å²) < 4.78 is 0. The van der Waals surface area contributed by atoms with Crippen LogP contribution in [0, 0.1) is 0 Å². The van der Waals surface area contributed by atoms with Gasteiger partial charge in [0.25, 0.3) is 0 Å². The number of hydrogen-bond donors (Lipinski definition) is 2. The minimum atomic E-state index is 0.194. The molecule has 2 heteroatoms. The third-order valence-corrected chi connectivity index (χ3v) is 1.99. The topological polar surface area (TPSA) is 40.5 Å². The molecule has 1 aromatic carbocycles. The van der Waals surface area contributed by atoms with Crippen molar-refractivity contribution < 1.29 is 10.2 Å². The van der Waals surface area contributed by atoms with Gasteiger partial charge in [0.15, 0.2) is 0 Å². The monoisotopic (exact) mass is 192 g/mol. The number of aliphatic hydroxyl groups is 2. The van der Waals surface area contributed by atoms with E-state index in [1.54, 1.807) is 0 Å². The smallest absolute Gasteiger partial charge is 0.0471 e. The van der Waals surface area contributed by atoms with Gasteiger partial charge < -0.3 is 10.2 Å². The number of hydrogen-bond acceptors (Lipinski definition) is 2.